The average Bonchev–Trinajstić information content (AvgIpc) is 2.52. The van der Waals surface area contributed by atoms with Crippen LogP contribution in [0.4, 0.5) is 4.79 Å². The second-order valence-corrected chi connectivity index (χ2v) is 4.96. The van der Waals surface area contributed by atoms with Crippen molar-refractivity contribution in [3.8, 4) is 5.75 Å². The zero-order valence-electron chi connectivity index (χ0n) is 12.5. The Balaban J connectivity index is 1.84. The molecule has 0 bridgehead atoms. The van der Waals surface area contributed by atoms with Crippen LogP contribution in [-0.4, -0.2) is 55.0 Å². The van der Waals surface area contributed by atoms with Crippen LogP contribution in [0, 0.1) is 0 Å². The van der Waals surface area contributed by atoms with Crippen LogP contribution in [0.1, 0.15) is 12.5 Å². The zero-order valence-corrected chi connectivity index (χ0v) is 12.5. The summed E-state index contributed by atoms with van der Waals surface area (Å²) in [6.45, 7) is 4.30. The number of benzene rings is 1. The summed E-state index contributed by atoms with van der Waals surface area (Å²) in [5, 5.41) is 2.89. The first-order valence-electron chi connectivity index (χ1n) is 7.02. The van der Waals surface area contributed by atoms with Gasteiger partial charge in [0.05, 0.1) is 7.11 Å². The Hall–Kier alpha value is -2.24. The number of hydrogen-bond acceptors (Lipinski definition) is 3. The molecule has 0 aromatic heterocycles. The minimum Gasteiger partial charge on any atom is -0.496 e. The number of ether oxygens (including phenoxy) is 1. The van der Waals surface area contributed by atoms with E-state index in [-0.39, 0.29) is 11.9 Å². The van der Waals surface area contributed by atoms with E-state index in [0.717, 1.165) is 11.3 Å². The number of para-hydroxylation sites is 1. The van der Waals surface area contributed by atoms with Crippen LogP contribution in [0.15, 0.2) is 24.3 Å². The number of hydrogen-bond donors (Lipinski definition) is 1. The summed E-state index contributed by atoms with van der Waals surface area (Å²) in [7, 11) is 1.61. The topological polar surface area (TPSA) is 61.9 Å². The summed E-state index contributed by atoms with van der Waals surface area (Å²) in [5.41, 5.74) is 0.940. The standard InChI is InChI=1S/C15H21N3O3/c1-12(19)17-7-9-18(10-8-17)15(20)16-11-13-5-3-4-6-14(13)21-2/h3-6H,7-11H2,1-2H3,(H,16,20). The Labute approximate surface area is 124 Å². The molecule has 0 spiro atoms. The highest BCUT2D eigenvalue weighted by atomic mass is 16.5. The van der Waals surface area contributed by atoms with Gasteiger partial charge < -0.3 is 19.9 Å². The third-order valence-corrected chi connectivity index (χ3v) is 3.63. The van der Waals surface area contributed by atoms with E-state index in [4.69, 9.17) is 4.74 Å². The Morgan fingerprint density at radius 1 is 1.14 bits per heavy atom. The van der Waals surface area contributed by atoms with Crippen molar-refractivity contribution >= 4 is 11.9 Å². The van der Waals surface area contributed by atoms with Gasteiger partial charge in [0.15, 0.2) is 0 Å². The lowest BCUT2D eigenvalue weighted by Crippen LogP contribution is -2.52. The lowest BCUT2D eigenvalue weighted by molar-refractivity contribution is -0.130. The van der Waals surface area contributed by atoms with E-state index in [1.165, 1.54) is 0 Å². The second kappa shape index (κ2) is 6.97. The zero-order chi connectivity index (χ0) is 15.2. The third kappa shape index (κ3) is 3.87. The predicted octanol–water partition coefficient (Wildman–Crippen LogP) is 1.07. The molecular formula is C15H21N3O3. The Morgan fingerprint density at radius 2 is 1.76 bits per heavy atom. The molecule has 0 atom stereocenters. The van der Waals surface area contributed by atoms with Gasteiger partial charge in [0.2, 0.25) is 5.91 Å². The highest BCUT2D eigenvalue weighted by Crippen LogP contribution is 2.16. The highest BCUT2D eigenvalue weighted by molar-refractivity contribution is 5.76. The van der Waals surface area contributed by atoms with E-state index in [9.17, 15) is 9.59 Å². The van der Waals surface area contributed by atoms with Crippen molar-refractivity contribution < 1.29 is 14.3 Å². The smallest absolute Gasteiger partial charge is 0.317 e. The van der Waals surface area contributed by atoms with Crippen LogP contribution in [0.2, 0.25) is 0 Å². The number of nitrogens with zero attached hydrogens (tertiary/aromatic N) is 2. The normalized spacial score (nSPS) is 14.8. The number of nitrogens with one attached hydrogen (secondary N) is 1. The predicted molar refractivity (Wildman–Crippen MR) is 79.1 cm³/mol. The molecule has 2 rings (SSSR count). The van der Waals surface area contributed by atoms with Gasteiger partial charge in [-0.25, -0.2) is 4.79 Å². The molecule has 1 heterocycles. The summed E-state index contributed by atoms with van der Waals surface area (Å²) in [6, 6.07) is 7.49. The van der Waals surface area contributed by atoms with Crippen molar-refractivity contribution in [2.45, 2.75) is 13.5 Å². The molecule has 0 aliphatic carbocycles. The maximum atomic E-state index is 12.1. The largest absolute Gasteiger partial charge is 0.496 e. The number of amides is 3. The molecule has 1 aromatic rings. The van der Waals surface area contributed by atoms with E-state index in [1.54, 1.807) is 23.8 Å². The van der Waals surface area contributed by atoms with Gasteiger partial charge in [-0.15, -0.1) is 0 Å². The summed E-state index contributed by atoms with van der Waals surface area (Å²) in [5.74, 6) is 0.822. The molecule has 1 saturated heterocycles. The van der Waals surface area contributed by atoms with Crippen molar-refractivity contribution in [1.29, 1.82) is 0 Å². The summed E-state index contributed by atoms with van der Waals surface area (Å²) < 4.78 is 5.25. The molecule has 1 aliphatic heterocycles. The van der Waals surface area contributed by atoms with Gasteiger partial charge in [0, 0.05) is 45.2 Å². The van der Waals surface area contributed by atoms with E-state index in [0.29, 0.717) is 32.7 Å². The average molecular weight is 291 g/mol. The Morgan fingerprint density at radius 3 is 2.38 bits per heavy atom. The number of methoxy groups -OCH3 is 1. The number of carbonyl (C=O) groups excluding carboxylic acids is 2. The second-order valence-electron chi connectivity index (χ2n) is 4.96. The molecule has 21 heavy (non-hydrogen) atoms. The summed E-state index contributed by atoms with van der Waals surface area (Å²) >= 11 is 0. The summed E-state index contributed by atoms with van der Waals surface area (Å²) in [4.78, 5) is 26.9. The first kappa shape index (κ1) is 15.2. The molecular weight excluding hydrogens is 270 g/mol. The fourth-order valence-corrected chi connectivity index (χ4v) is 2.36. The van der Waals surface area contributed by atoms with E-state index >= 15 is 0 Å². The van der Waals surface area contributed by atoms with E-state index in [2.05, 4.69) is 5.32 Å². The molecule has 1 aliphatic rings. The lowest BCUT2D eigenvalue weighted by Gasteiger charge is -2.34. The van der Waals surface area contributed by atoms with Crippen LogP contribution in [-0.2, 0) is 11.3 Å². The molecule has 1 N–H and O–H groups in total. The quantitative estimate of drug-likeness (QED) is 0.906. The molecule has 114 valence electrons. The lowest BCUT2D eigenvalue weighted by atomic mass is 10.2. The van der Waals surface area contributed by atoms with Crippen molar-refractivity contribution in [3.63, 3.8) is 0 Å². The molecule has 1 aromatic carbocycles. The molecule has 3 amide bonds. The molecule has 6 heteroatoms. The molecule has 0 radical (unpaired) electrons. The van der Waals surface area contributed by atoms with Gasteiger partial charge in [0.1, 0.15) is 5.75 Å². The first-order valence-corrected chi connectivity index (χ1v) is 7.02. The molecule has 6 nitrogen and oxygen atoms in total. The van der Waals surface area contributed by atoms with Gasteiger partial charge in [-0.1, -0.05) is 18.2 Å². The van der Waals surface area contributed by atoms with E-state index in [1.807, 2.05) is 24.3 Å². The van der Waals surface area contributed by atoms with Gasteiger partial charge in [-0.3, -0.25) is 4.79 Å². The van der Waals surface area contributed by atoms with Crippen LogP contribution in [0.3, 0.4) is 0 Å². The SMILES string of the molecule is COc1ccccc1CNC(=O)N1CCN(C(C)=O)CC1. The molecule has 0 saturated carbocycles. The Kier molecular flexibility index (Phi) is 5.03. The highest BCUT2D eigenvalue weighted by Gasteiger charge is 2.22. The summed E-state index contributed by atoms with van der Waals surface area (Å²) in [6.07, 6.45) is 0. The van der Waals surface area contributed by atoms with Crippen LogP contribution in [0.5, 0.6) is 5.75 Å². The van der Waals surface area contributed by atoms with Crippen molar-refractivity contribution in [2.24, 2.45) is 0 Å². The minimum atomic E-state index is -0.107. The fraction of sp³-hybridized carbons (Fsp3) is 0.467. The number of urea groups is 1. The number of carbonyl (C=O) groups is 2. The minimum absolute atomic E-state index is 0.0593. The number of piperazine rings is 1. The third-order valence-electron chi connectivity index (χ3n) is 3.63. The van der Waals surface area contributed by atoms with Crippen molar-refractivity contribution in [1.82, 2.24) is 15.1 Å². The fourth-order valence-electron chi connectivity index (χ4n) is 2.36. The molecule has 1 fully saturated rings. The maximum absolute atomic E-state index is 12.1. The first-order chi connectivity index (χ1) is 10.1. The van der Waals surface area contributed by atoms with Crippen molar-refractivity contribution in [2.75, 3.05) is 33.3 Å². The van der Waals surface area contributed by atoms with Crippen LogP contribution >= 0.6 is 0 Å². The van der Waals surface area contributed by atoms with Gasteiger partial charge in [-0.2, -0.15) is 0 Å². The van der Waals surface area contributed by atoms with Crippen molar-refractivity contribution in [3.05, 3.63) is 29.8 Å². The Bertz CT molecular complexity index is 511. The van der Waals surface area contributed by atoms with Gasteiger partial charge >= 0.3 is 6.03 Å². The van der Waals surface area contributed by atoms with Gasteiger partial charge in [0.25, 0.3) is 0 Å². The van der Waals surface area contributed by atoms with Gasteiger partial charge in [-0.05, 0) is 6.07 Å². The maximum Gasteiger partial charge on any atom is 0.317 e. The van der Waals surface area contributed by atoms with Crippen LogP contribution < -0.4 is 10.1 Å². The van der Waals surface area contributed by atoms with E-state index < -0.39 is 0 Å². The van der Waals surface area contributed by atoms with Crippen LogP contribution in [0.25, 0.3) is 0 Å². The monoisotopic (exact) mass is 291 g/mol. The molecule has 0 unspecified atom stereocenters. The number of rotatable bonds is 3.